The molecule has 0 aliphatic heterocycles. The summed E-state index contributed by atoms with van der Waals surface area (Å²) in [5.74, 6) is 0.693. The summed E-state index contributed by atoms with van der Waals surface area (Å²) in [5.41, 5.74) is 2.64. The first-order valence-corrected chi connectivity index (χ1v) is 8.07. The van der Waals surface area contributed by atoms with E-state index < -0.39 is 0 Å². The summed E-state index contributed by atoms with van der Waals surface area (Å²) >= 11 is 0. The van der Waals surface area contributed by atoms with Crippen LogP contribution >= 0.6 is 0 Å². The maximum atomic E-state index is 5.57. The largest absolute Gasteiger partial charge is 0.380 e. The molecule has 2 aromatic rings. The summed E-state index contributed by atoms with van der Waals surface area (Å²) in [7, 11) is 0. The van der Waals surface area contributed by atoms with Crippen LogP contribution in [0.4, 0.5) is 0 Å². The van der Waals surface area contributed by atoms with Crippen molar-refractivity contribution in [1.82, 2.24) is 9.88 Å². The molecule has 1 aromatic heterocycles. The fourth-order valence-corrected chi connectivity index (χ4v) is 2.47. The molecule has 21 heavy (non-hydrogen) atoms. The third-order valence-electron chi connectivity index (χ3n) is 3.54. The van der Waals surface area contributed by atoms with Crippen LogP contribution in [0.5, 0.6) is 0 Å². The lowest BCUT2D eigenvalue weighted by Crippen LogP contribution is -2.18. The Morgan fingerprint density at radius 3 is 2.81 bits per heavy atom. The summed E-state index contributed by atoms with van der Waals surface area (Å²) < 4.78 is 7.85. The number of hydrogen-bond acceptors (Lipinski definition) is 2. The molecule has 0 fully saturated rings. The standard InChI is InChI=1S/C18H28N2O/c1-4-10-21-11-9-20-8-7-17-12-16(5-6-18(17)20)14-19-13-15(2)3/h5-8,12,15,19H,4,9-11,13-14H2,1-3H3. The topological polar surface area (TPSA) is 26.2 Å². The fraction of sp³-hybridized carbons (Fsp3) is 0.556. The Balaban J connectivity index is 1.94. The minimum atomic E-state index is 0.693. The Morgan fingerprint density at radius 1 is 1.19 bits per heavy atom. The van der Waals surface area contributed by atoms with Gasteiger partial charge in [-0.25, -0.2) is 0 Å². The lowest BCUT2D eigenvalue weighted by molar-refractivity contribution is 0.127. The maximum Gasteiger partial charge on any atom is 0.0645 e. The highest BCUT2D eigenvalue weighted by Crippen LogP contribution is 2.17. The first kappa shape index (κ1) is 16.1. The van der Waals surface area contributed by atoms with Crippen LogP contribution < -0.4 is 5.32 Å². The number of nitrogens with one attached hydrogen (secondary N) is 1. The molecule has 1 heterocycles. The fourth-order valence-electron chi connectivity index (χ4n) is 2.47. The highest BCUT2D eigenvalue weighted by atomic mass is 16.5. The van der Waals surface area contributed by atoms with Gasteiger partial charge in [0.15, 0.2) is 0 Å². The van der Waals surface area contributed by atoms with Crippen LogP contribution in [0.3, 0.4) is 0 Å². The average Bonchev–Trinajstić information content (AvgIpc) is 2.86. The predicted molar refractivity (Wildman–Crippen MR) is 89.6 cm³/mol. The molecule has 3 heteroatoms. The van der Waals surface area contributed by atoms with Gasteiger partial charge in [-0.05, 0) is 48.0 Å². The normalized spacial score (nSPS) is 11.6. The van der Waals surface area contributed by atoms with E-state index in [9.17, 15) is 0 Å². The molecule has 0 atom stereocenters. The van der Waals surface area contributed by atoms with Crippen molar-refractivity contribution in [3.8, 4) is 0 Å². The number of hydrogen-bond donors (Lipinski definition) is 1. The van der Waals surface area contributed by atoms with Gasteiger partial charge in [0.25, 0.3) is 0 Å². The number of nitrogens with zero attached hydrogens (tertiary/aromatic N) is 1. The SMILES string of the molecule is CCCOCCn1ccc2cc(CNCC(C)C)ccc21. The summed E-state index contributed by atoms with van der Waals surface area (Å²) in [6.45, 7) is 11.2. The zero-order valence-corrected chi connectivity index (χ0v) is 13.6. The first-order valence-electron chi connectivity index (χ1n) is 8.07. The second-order valence-corrected chi connectivity index (χ2v) is 6.04. The Kier molecular flexibility index (Phi) is 6.27. The molecule has 0 saturated heterocycles. The van der Waals surface area contributed by atoms with Gasteiger partial charge >= 0.3 is 0 Å². The van der Waals surface area contributed by atoms with Crippen LogP contribution in [-0.2, 0) is 17.8 Å². The molecule has 0 unspecified atom stereocenters. The van der Waals surface area contributed by atoms with E-state index in [1.54, 1.807) is 0 Å². The number of benzene rings is 1. The van der Waals surface area contributed by atoms with Crippen LogP contribution in [0.2, 0.25) is 0 Å². The molecule has 0 amide bonds. The zero-order valence-electron chi connectivity index (χ0n) is 13.6. The minimum Gasteiger partial charge on any atom is -0.380 e. The van der Waals surface area contributed by atoms with Crippen molar-refractivity contribution in [2.45, 2.75) is 40.3 Å². The molecule has 0 radical (unpaired) electrons. The van der Waals surface area contributed by atoms with E-state index in [1.807, 2.05) is 0 Å². The van der Waals surface area contributed by atoms with E-state index in [0.717, 1.165) is 39.3 Å². The lowest BCUT2D eigenvalue weighted by atomic mass is 10.1. The lowest BCUT2D eigenvalue weighted by Gasteiger charge is -2.09. The smallest absolute Gasteiger partial charge is 0.0645 e. The van der Waals surface area contributed by atoms with Crippen LogP contribution in [0.15, 0.2) is 30.5 Å². The van der Waals surface area contributed by atoms with E-state index in [0.29, 0.717) is 5.92 Å². The van der Waals surface area contributed by atoms with Gasteiger partial charge < -0.3 is 14.6 Å². The molecule has 0 aliphatic carbocycles. The van der Waals surface area contributed by atoms with Crippen molar-refractivity contribution in [3.05, 3.63) is 36.0 Å². The third-order valence-corrected chi connectivity index (χ3v) is 3.54. The molecular formula is C18H28N2O. The van der Waals surface area contributed by atoms with E-state index in [-0.39, 0.29) is 0 Å². The number of rotatable bonds is 9. The quantitative estimate of drug-likeness (QED) is 0.710. The monoisotopic (exact) mass is 288 g/mol. The third kappa shape index (κ3) is 4.87. The van der Waals surface area contributed by atoms with E-state index >= 15 is 0 Å². The minimum absolute atomic E-state index is 0.693. The van der Waals surface area contributed by atoms with Gasteiger partial charge in [0.2, 0.25) is 0 Å². The van der Waals surface area contributed by atoms with Crippen LogP contribution in [0, 0.1) is 5.92 Å². The summed E-state index contributed by atoms with van der Waals surface area (Å²) in [5, 5.41) is 4.81. The van der Waals surface area contributed by atoms with Crippen LogP contribution in [0.1, 0.15) is 32.8 Å². The van der Waals surface area contributed by atoms with Gasteiger partial charge in [-0.2, -0.15) is 0 Å². The van der Waals surface area contributed by atoms with Crippen LogP contribution in [0.25, 0.3) is 10.9 Å². The second kappa shape index (κ2) is 8.20. The van der Waals surface area contributed by atoms with E-state index in [2.05, 4.69) is 61.1 Å². The van der Waals surface area contributed by atoms with Gasteiger partial charge in [0.05, 0.1) is 6.61 Å². The Morgan fingerprint density at radius 2 is 2.05 bits per heavy atom. The highest BCUT2D eigenvalue weighted by Gasteiger charge is 2.03. The number of aromatic nitrogens is 1. The van der Waals surface area contributed by atoms with Crippen molar-refractivity contribution < 1.29 is 4.74 Å². The van der Waals surface area contributed by atoms with Crippen LogP contribution in [-0.4, -0.2) is 24.3 Å². The van der Waals surface area contributed by atoms with Gasteiger partial charge in [0, 0.05) is 31.4 Å². The Hall–Kier alpha value is -1.32. The molecule has 2 rings (SSSR count). The zero-order chi connectivity index (χ0) is 15.1. The maximum absolute atomic E-state index is 5.57. The summed E-state index contributed by atoms with van der Waals surface area (Å²) in [4.78, 5) is 0. The predicted octanol–water partition coefficient (Wildman–Crippen LogP) is 3.81. The molecule has 3 nitrogen and oxygen atoms in total. The summed E-state index contributed by atoms with van der Waals surface area (Å²) in [6, 6.07) is 8.92. The number of ether oxygens (including phenoxy) is 1. The molecular weight excluding hydrogens is 260 g/mol. The van der Waals surface area contributed by atoms with Gasteiger partial charge in [-0.3, -0.25) is 0 Å². The van der Waals surface area contributed by atoms with Gasteiger partial charge in [0.1, 0.15) is 0 Å². The van der Waals surface area contributed by atoms with Crippen molar-refractivity contribution in [3.63, 3.8) is 0 Å². The molecule has 1 aromatic carbocycles. The highest BCUT2D eigenvalue weighted by molar-refractivity contribution is 5.80. The molecule has 0 spiro atoms. The molecule has 1 N–H and O–H groups in total. The molecule has 0 aliphatic rings. The summed E-state index contributed by atoms with van der Waals surface area (Å²) in [6.07, 6.45) is 3.24. The Labute approximate surface area is 128 Å². The average molecular weight is 288 g/mol. The second-order valence-electron chi connectivity index (χ2n) is 6.04. The van der Waals surface area contributed by atoms with Crippen molar-refractivity contribution in [2.75, 3.05) is 19.8 Å². The van der Waals surface area contributed by atoms with Gasteiger partial charge in [-0.1, -0.05) is 26.8 Å². The van der Waals surface area contributed by atoms with E-state index in [4.69, 9.17) is 4.74 Å². The van der Waals surface area contributed by atoms with E-state index in [1.165, 1.54) is 16.5 Å². The number of fused-ring (bicyclic) bond motifs is 1. The van der Waals surface area contributed by atoms with Crippen molar-refractivity contribution in [1.29, 1.82) is 0 Å². The van der Waals surface area contributed by atoms with Gasteiger partial charge in [-0.15, -0.1) is 0 Å². The van der Waals surface area contributed by atoms with Crippen molar-refractivity contribution >= 4 is 10.9 Å². The first-order chi connectivity index (χ1) is 10.2. The Bertz CT molecular complexity index is 545. The van der Waals surface area contributed by atoms with Crippen molar-refractivity contribution in [2.24, 2.45) is 5.92 Å². The molecule has 116 valence electrons. The molecule has 0 bridgehead atoms. The molecule has 0 saturated carbocycles.